The number of ether oxygens (including phenoxy) is 2. The lowest BCUT2D eigenvalue weighted by molar-refractivity contribution is 0.0922. The van der Waals surface area contributed by atoms with Crippen LogP contribution in [0.3, 0.4) is 0 Å². The van der Waals surface area contributed by atoms with Gasteiger partial charge in [-0.2, -0.15) is 0 Å². The number of halogens is 1. The Kier molecular flexibility index (Phi) is 6.00. The van der Waals surface area contributed by atoms with Crippen LogP contribution in [0.15, 0.2) is 22.7 Å². The first-order valence-electron chi connectivity index (χ1n) is 5.38. The number of hydrogen-bond donors (Lipinski definition) is 1. The lowest BCUT2D eigenvalue weighted by atomic mass is 10.2. The van der Waals surface area contributed by atoms with Gasteiger partial charge >= 0.3 is 0 Å². The molecule has 0 saturated carbocycles. The van der Waals surface area contributed by atoms with Crippen LogP contribution in [0.25, 0.3) is 0 Å². The summed E-state index contributed by atoms with van der Waals surface area (Å²) in [6.07, 6.45) is 0. The minimum atomic E-state index is -0.118. The molecule has 1 aromatic rings. The minimum absolute atomic E-state index is 0.118. The standard InChI is InChI=1S/C12H16BrNO3/c1-3-17-7-6-14-12(15)9-4-5-11(16-2)10(13)8-9/h4-5,8H,3,6-7H2,1-2H3,(H,14,15). The summed E-state index contributed by atoms with van der Waals surface area (Å²) in [5.41, 5.74) is 0.592. The van der Waals surface area contributed by atoms with E-state index in [1.165, 1.54) is 0 Å². The van der Waals surface area contributed by atoms with Gasteiger partial charge in [-0.3, -0.25) is 4.79 Å². The van der Waals surface area contributed by atoms with Gasteiger partial charge < -0.3 is 14.8 Å². The van der Waals surface area contributed by atoms with Gasteiger partial charge in [0, 0.05) is 18.7 Å². The summed E-state index contributed by atoms with van der Waals surface area (Å²) in [5, 5.41) is 2.77. The van der Waals surface area contributed by atoms with Gasteiger partial charge in [0.15, 0.2) is 0 Å². The van der Waals surface area contributed by atoms with E-state index in [2.05, 4.69) is 21.2 Å². The van der Waals surface area contributed by atoms with Gasteiger partial charge in [0.1, 0.15) is 5.75 Å². The molecule has 0 aromatic heterocycles. The fraction of sp³-hybridized carbons (Fsp3) is 0.417. The molecule has 0 bridgehead atoms. The molecule has 17 heavy (non-hydrogen) atoms. The molecule has 0 aliphatic rings. The van der Waals surface area contributed by atoms with Crippen molar-refractivity contribution in [3.63, 3.8) is 0 Å². The Morgan fingerprint density at radius 3 is 2.82 bits per heavy atom. The number of carbonyl (C=O) groups is 1. The van der Waals surface area contributed by atoms with Crippen LogP contribution >= 0.6 is 15.9 Å². The van der Waals surface area contributed by atoms with Crippen molar-refractivity contribution in [3.8, 4) is 5.75 Å². The number of rotatable bonds is 6. The van der Waals surface area contributed by atoms with Gasteiger partial charge in [-0.15, -0.1) is 0 Å². The van der Waals surface area contributed by atoms with Crippen LogP contribution in [-0.4, -0.2) is 32.8 Å². The van der Waals surface area contributed by atoms with Gasteiger partial charge in [-0.25, -0.2) is 0 Å². The highest BCUT2D eigenvalue weighted by atomic mass is 79.9. The molecule has 0 radical (unpaired) electrons. The average Bonchev–Trinajstić information content (AvgIpc) is 2.34. The smallest absolute Gasteiger partial charge is 0.251 e. The number of carbonyl (C=O) groups excluding carboxylic acids is 1. The molecule has 0 spiro atoms. The highest BCUT2D eigenvalue weighted by molar-refractivity contribution is 9.10. The summed E-state index contributed by atoms with van der Waals surface area (Å²) < 4.78 is 11.0. The van der Waals surface area contributed by atoms with Crippen molar-refractivity contribution in [1.29, 1.82) is 0 Å². The molecule has 0 unspecified atom stereocenters. The first-order chi connectivity index (χ1) is 8.19. The second-order valence-corrected chi connectivity index (χ2v) is 4.16. The Bertz CT molecular complexity index is 382. The Morgan fingerprint density at radius 2 is 2.24 bits per heavy atom. The Labute approximate surface area is 109 Å². The predicted octanol–water partition coefficient (Wildman–Crippen LogP) is 2.22. The number of nitrogens with one attached hydrogen (secondary N) is 1. The van der Waals surface area contributed by atoms with E-state index in [-0.39, 0.29) is 5.91 Å². The quantitative estimate of drug-likeness (QED) is 0.820. The molecule has 0 saturated heterocycles. The van der Waals surface area contributed by atoms with E-state index in [1.807, 2.05) is 6.92 Å². The largest absolute Gasteiger partial charge is 0.496 e. The maximum atomic E-state index is 11.7. The minimum Gasteiger partial charge on any atom is -0.496 e. The van der Waals surface area contributed by atoms with E-state index in [0.29, 0.717) is 31.1 Å². The van der Waals surface area contributed by atoms with Crippen molar-refractivity contribution < 1.29 is 14.3 Å². The van der Waals surface area contributed by atoms with Crippen LogP contribution in [0.2, 0.25) is 0 Å². The average molecular weight is 302 g/mol. The van der Waals surface area contributed by atoms with E-state index in [9.17, 15) is 4.79 Å². The zero-order chi connectivity index (χ0) is 12.7. The molecular formula is C12H16BrNO3. The predicted molar refractivity (Wildman–Crippen MR) is 69.5 cm³/mol. The molecule has 5 heteroatoms. The molecule has 94 valence electrons. The SMILES string of the molecule is CCOCCNC(=O)c1ccc(OC)c(Br)c1. The molecule has 0 fully saturated rings. The third-order valence-electron chi connectivity index (χ3n) is 2.15. The molecule has 0 atom stereocenters. The van der Waals surface area contributed by atoms with Gasteiger partial charge in [-0.1, -0.05) is 0 Å². The van der Waals surface area contributed by atoms with Crippen LogP contribution in [0.4, 0.5) is 0 Å². The normalized spacial score (nSPS) is 10.1. The highest BCUT2D eigenvalue weighted by Gasteiger charge is 2.07. The molecule has 1 aromatic carbocycles. The lowest BCUT2D eigenvalue weighted by Crippen LogP contribution is -2.27. The first kappa shape index (κ1) is 14.0. The maximum Gasteiger partial charge on any atom is 0.251 e. The van der Waals surface area contributed by atoms with Gasteiger partial charge in [0.05, 0.1) is 18.2 Å². The van der Waals surface area contributed by atoms with E-state index in [0.717, 1.165) is 4.47 Å². The summed E-state index contributed by atoms with van der Waals surface area (Å²) in [4.78, 5) is 11.7. The zero-order valence-electron chi connectivity index (χ0n) is 9.96. The maximum absolute atomic E-state index is 11.7. The van der Waals surface area contributed by atoms with Crippen LogP contribution in [0.5, 0.6) is 5.75 Å². The van der Waals surface area contributed by atoms with Crippen molar-refractivity contribution >= 4 is 21.8 Å². The molecular weight excluding hydrogens is 286 g/mol. The van der Waals surface area contributed by atoms with E-state index in [4.69, 9.17) is 9.47 Å². The van der Waals surface area contributed by atoms with Crippen molar-refractivity contribution in [1.82, 2.24) is 5.32 Å². The second-order valence-electron chi connectivity index (χ2n) is 3.30. The summed E-state index contributed by atoms with van der Waals surface area (Å²) in [7, 11) is 1.59. The summed E-state index contributed by atoms with van der Waals surface area (Å²) >= 11 is 3.34. The molecule has 1 rings (SSSR count). The van der Waals surface area contributed by atoms with Crippen LogP contribution < -0.4 is 10.1 Å². The number of benzene rings is 1. The highest BCUT2D eigenvalue weighted by Crippen LogP contribution is 2.25. The molecule has 1 N–H and O–H groups in total. The van der Waals surface area contributed by atoms with Crippen LogP contribution in [-0.2, 0) is 4.74 Å². The van der Waals surface area contributed by atoms with E-state index in [1.54, 1.807) is 25.3 Å². The van der Waals surface area contributed by atoms with Crippen molar-refractivity contribution in [2.75, 3.05) is 26.9 Å². The van der Waals surface area contributed by atoms with Gasteiger partial charge in [0.2, 0.25) is 0 Å². The van der Waals surface area contributed by atoms with Crippen molar-refractivity contribution in [2.45, 2.75) is 6.92 Å². The van der Waals surface area contributed by atoms with E-state index >= 15 is 0 Å². The molecule has 4 nitrogen and oxygen atoms in total. The topological polar surface area (TPSA) is 47.6 Å². The van der Waals surface area contributed by atoms with Crippen LogP contribution in [0.1, 0.15) is 17.3 Å². The fourth-order valence-corrected chi connectivity index (χ4v) is 1.83. The third-order valence-corrected chi connectivity index (χ3v) is 2.77. The Hall–Kier alpha value is -1.07. The number of methoxy groups -OCH3 is 1. The van der Waals surface area contributed by atoms with Crippen molar-refractivity contribution in [3.05, 3.63) is 28.2 Å². The Morgan fingerprint density at radius 1 is 1.47 bits per heavy atom. The van der Waals surface area contributed by atoms with Crippen molar-refractivity contribution in [2.24, 2.45) is 0 Å². The van der Waals surface area contributed by atoms with E-state index < -0.39 is 0 Å². The molecule has 0 aliphatic heterocycles. The Balaban J connectivity index is 2.54. The first-order valence-corrected chi connectivity index (χ1v) is 6.17. The monoisotopic (exact) mass is 301 g/mol. The second kappa shape index (κ2) is 7.29. The zero-order valence-corrected chi connectivity index (χ0v) is 11.5. The lowest BCUT2D eigenvalue weighted by Gasteiger charge is -2.07. The molecule has 1 amide bonds. The van der Waals surface area contributed by atoms with Gasteiger partial charge in [0.25, 0.3) is 5.91 Å². The van der Waals surface area contributed by atoms with Crippen LogP contribution in [0, 0.1) is 0 Å². The molecule has 0 aliphatic carbocycles. The summed E-state index contributed by atoms with van der Waals surface area (Å²) in [6, 6.07) is 5.20. The molecule has 0 heterocycles. The summed E-state index contributed by atoms with van der Waals surface area (Å²) in [5.74, 6) is 0.587. The van der Waals surface area contributed by atoms with Gasteiger partial charge in [-0.05, 0) is 41.1 Å². The fourth-order valence-electron chi connectivity index (χ4n) is 1.29. The summed E-state index contributed by atoms with van der Waals surface area (Å²) in [6.45, 7) is 3.61. The number of hydrogen-bond acceptors (Lipinski definition) is 3. The third kappa shape index (κ3) is 4.36. The number of amides is 1.